The van der Waals surface area contributed by atoms with E-state index < -0.39 is 10.2 Å². The molecule has 110 valence electrons. The summed E-state index contributed by atoms with van der Waals surface area (Å²) in [5.74, 6) is -0.620. The molecule has 0 aliphatic carbocycles. The lowest BCUT2D eigenvalue weighted by Gasteiger charge is -2.09. The molecule has 1 aromatic carbocycles. The standard InChI is InChI=1S/C12H11N3O4S2/c1-6-4-7(15(18)19)2-3-8(6)13-10(16)5-9-11(17)14-12(20)21-9/h2-4,9H,5H2,1H3,(H,13,16)(H,14,17,20)/t9-/m0/s1. The molecule has 9 heteroatoms. The van der Waals surface area contributed by atoms with Gasteiger partial charge in [0.25, 0.3) is 5.69 Å². The van der Waals surface area contributed by atoms with Crippen molar-refractivity contribution in [3.05, 3.63) is 33.9 Å². The van der Waals surface area contributed by atoms with Gasteiger partial charge in [0.05, 0.1) is 10.2 Å². The van der Waals surface area contributed by atoms with Crippen LogP contribution in [0.4, 0.5) is 11.4 Å². The molecule has 0 spiro atoms. The van der Waals surface area contributed by atoms with Crippen LogP contribution in [0.15, 0.2) is 18.2 Å². The molecule has 2 N–H and O–H groups in total. The molecule has 7 nitrogen and oxygen atoms in total. The number of non-ortho nitro benzene ring substituents is 1. The third-order valence-corrected chi connectivity index (χ3v) is 4.20. The maximum atomic E-state index is 11.9. The van der Waals surface area contributed by atoms with E-state index in [1.165, 1.54) is 18.2 Å². The van der Waals surface area contributed by atoms with Crippen molar-refractivity contribution in [2.24, 2.45) is 0 Å². The summed E-state index contributed by atoms with van der Waals surface area (Å²) >= 11 is 5.99. The summed E-state index contributed by atoms with van der Waals surface area (Å²) in [6.45, 7) is 1.66. The summed E-state index contributed by atoms with van der Waals surface area (Å²) in [6.07, 6.45) is -0.00688. The topological polar surface area (TPSA) is 101 Å². The first-order chi connectivity index (χ1) is 9.86. The van der Waals surface area contributed by atoms with Gasteiger partial charge in [-0.05, 0) is 18.6 Å². The Hall–Kier alpha value is -2.00. The van der Waals surface area contributed by atoms with Crippen LogP contribution in [-0.4, -0.2) is 26.3 Å². The normalized spacial score (nSPS) is 17.5. The molecule has 0 saturated carbocycles. The number of anilines is 1. The molecule has 0 unspecified atom stereocenters. The number of nitro groups is 1. The van der Waals surface area contributed by atoms with Gasteiger partial charge in [-0.25, -0.2) is 0 Å². The number of rotatable bonds is 4. The third kappa shape index (κ3) is 3.76. The molecule has 1 aliphatic heterocycles. The Morgan fingerprint density at radius 1 is 1.57 bits per heavy atom. The van der Waals surface area contributed by atoms with Crippen LogP contribution in [0.1, 0.15) is 12.0 Å². The number of carbonyl (C=O) groups is 2. The first-order valence-electron chi connectivity index (χ1n) is 5.93. The molecule has 1 aliphatic rings. The Morgan fingerprint density at radius 2 is 2.29 bits per heavy atom. The van der Waals surface area contributed by atoms with Crippen LogP contribution in [-0.2, 0) is 9.59 Å². The van der Waals surface area contributed by atoms with Crippen LogP contribution in [0, 0.1) is 17.0 Å². The highest BCUT2D eigenvalue weighted by Gasteiger charge is 2.31. The van der Waals surface area contributed by atoms with Crippen molar-refractivity contribution in [1.29, 1.82) is 0 Å². The summed E-state index contributed by atoms with van der Waals surface area (Å²) in [5.41, 5.74) is 1.02. The number of nitro benzene ring substituents is 1. The van der Waals surface area contributed by atoms with Crippen molar-refractivity contribution in [1.82, 2.24) is 5.32 Å². The lowest BCUT2D eigenvalue weighted by atomic mass is 10.1. The summed E-state index contributed by atoms with van der Waals surface area (Å²) in [7, 11) is 0. The quantitative estimate of drug-likeness (QED) is 0.497. The van der Waals surface area contributed by atoms with E-state index >= 15 is 0 Å². The zero-order valence-electron chi connectivity index (χ0n) is 10.9. The highest BCUT2D eigenvalue weighted by molar-refractivity contribution is 8.24. The van der Waals surface area contributed by atoms with E-state index in [9.17, 15) is 19.7 Å². The predicted octanol–water partition coefficient (Wildman–Crippen LogP) is 1.75. The average molecular weight is 325 g/mol. The van der Waals surface area contributed by atoms with Crippen molar-refractivity contribution < 1.29 is 14.5 Å². The number of hydrogen-bond acceptors (Lipinski definition) is 6. The van der Waals surface area contributed by atoms with Gasteiger partial charge in [-0.15, -0.1) is 0 Å². The molecular weight excluding hydrogens is 314 g/mol. The zero-order valence-corrected chi connectivity index (χ0v) is 12.5. The molecule has 1 saturated heterocycles. The highest BCUT2D eigenvalue weighted by atomic mass is 32.2. The third-order valence-electron chi connectivity index (χ3n) is 2.83. The van der Waals surface area contributed by atoms with Crippen LogP contribution in [0.25, 0.3) is 0 Å². The second-order valence-electron chi connectivity index (χ2n) is 4.39. The number of thiocarbonyl (C=S) groups is 1. The molecule has 1 fully saturated rings. The van der Waals surface area contributed by atoms with Gasteiger partial charge in [0.2, 0.25) is 11.8 Å². The van der Waals surface area contributed by atoms with E-state index in [4.69, 9.17) is 12.2 Å². The van der Waals surface area contributed by atoms with E-state index in [2.05, 4.69) is 10.6 Å². The Balaban J connectivity index is 2.01. The van der Waals surface area contributed by atoms with Gasteiger partial charge in [-0.1, -0.05) is 24.0 Å². The lowest BCUT2D eigenvalue weighted by molar-refractivity contribution is -0.384. The fraction of sp³-hybridized carbons (Fsp3) is 0.250. The lowest BCUT2D eigenvalue weighted by Crippen LogP contribution is -2.27. The molecule has 1 heterocycles. The van der Waals surface area contributed by atoms with E-state index in [1.54, 1.807) is 6.92 Å². The second-order valence-corrected chi connectivity index (χ2v) is 6.27. The van der Waals surface area contributed by atoms with Crippen molar-refractivity contribution in [2.45, 2.75) is 18.6 Å². The van der Waals surface area contributed by atoms with Gasteiger partial charge in [0.1, 0.15) is 4.32 Å². The number of carbonyl (C=O) groups excluding carboxylic acids is 2. The number of hydrogen-bond donors (Lipinski definition) is 2. The SMILES string of the molecule is Cc1cc([N+](=O)[O-])ccc1NC(=O)C[C@@H]1SC(=S)NC1=O. The number of amides is 2. The molecule has 2 amide bonds. The first-order valence-corrected chi connectivity index (χ1v) is 7.22. The minimum atomic E-state index is -0.532. The Kier molecular flexibility index (Phi) is 4.53. The molecule has 1 atom stereocenters. The van der Waals surface area contributed by atoms with E-state index in [0.717, 1.165) is 11.8 Å². The second kappa shape index (κ2) is 6.19. The zero-order chi connectivity index (χ0) is 15.6. The monoisotopic (exact) mass is 325 g/mol. The Morgan fingerprint density at radius 3 is 2.81 bits per heavy atom. The van der Waals surface area contributed by atoms with E-state index in [1.807, 2.05) is 0 Å². The average Bonchev–Trinajstić information content (AvgIpc) is 2.70. The summed E-state index contributed by atoms with van der Waals surface area (Å²) in [6, 6.07) is 4.16. The molecular formula is C12H11N3O4S2. The maximum absolute atomic E-state index is 11.9. The number of thioether (sulfide) groups is 1. The molecule has 2 rings (SSSR count). The molecule has 0 radical (unpaired) electrons. The minimum absolute atomic E-state index is 0.00688. The number of nitrogens with zero attached hydrogens (tertiary/aromatic N) is 1. The van der Waals surface area contributed by atoms with Gasteiger partial charge in [0.15, 0.2) is 0 Å². The van der Waals surface area contributed by atoms with Crippen LogP contribution in [0.3, 0.4) is 0 Å². The predicted molar refractivity (Wildman–Crippen MR) is 83.2 cm³/mol. The van der Waals surface area contributed by atoms with Gasteiger partial charge in [-0.3, -0.25) is 19.7 Å². The van der Waals surface area contributed by atoms with Gasteiger partial charge in [-0.2, -0.15) is 0 Å². The van der Waals surface area contributed by atoms with Crippen molar-refractivity contribution in [2.75, 3.05) is 5.32 Å². The van der Waals surface area contributed by atoms with E-state index in [0.29, 0.717) is 15.6 Å². The molecule has 0 bridgehead atoms. The largest absolute Gasteiger partial charge is 0.326 e. The molecule has 0 aromatic heterocycles. The summed E-state index contributed by atoms with van der Waals surface area (Å²) < 4.78 is 0.365. The number of nitrogens with one attached hydrogen (secondary N) is 2. The Bertz CT molecular complexity index is 647. The fourth-order valence-electron chi connectivity index (χ4n) is 1.80. The van der Waals surface area contributed by atoms with E-state index in [-0.39, 0.29) is 23.9 Å². The smallest absolute Gasteiger partial charge is 0.269 e. The van der Waals surface area contributed by atoms with Crippen LogP contribution in [0.2, 0.25) is 0 Å². The van der Waals surface area contributed by atoms with Gasteiger partial charge in [0, 0.05) is 24.2 Å². The molecule has 21 heavy (non-hydrogen) atoms. The summed E-state index contributed by atoms with van der Waals surface area (Å²) in [5, 5.41) is 15.2. The van der Waals surface area contributed by atoms with Gasteiger partial charge >= 0.3 is 0 Å². The van der Waals surface area contributed by atoms with Crippen LogP contribution < -0.4 is 10.6 Å². The summed E-state index contributed by atoms with van der Waals surface area (Å²) in [4.78, 5) is 33.5. The highest BCUT2D eigenvalue weighted by Crippen LogP contribution is 2.24. The minimum Gasteiger partial charge on any atom is -0.326 e. The van der Waals surface area contributed by atoms with Crippen molar-refractivity contribution in [3.63, 3.8) is 0 Å². The number of aryl methyl sites for hydroxylation is 1. The number of benzene rings is 1. The maximum Gasteiger partial charge on any atom is 0.269 e. The van der Waals surface area contributed by atoms with Crippen LogP contribution in [0.5, 0.6) is 0 Å². The molecule has 1 aromatic rings. The fourth-order valence-corrected chi connectivity index (χ4v) is 3.07. The van der Waals surface area contributed by atoms with Gasteiger partial charge < -0.3 is 10.6 Å². The van der Waals surface area contributed by atoms with Crippen LogP contribution >= 0.6 is 24.0 Å². The van der Waals surface area contributed by atoms with Crippen molar-refractivity contribution in [3.8, 4) is 0 Å². The first kappa shape index (κ1) is 15.4. The van der Waals surface area contributed by atoms with Crippen molar-refractivity contribution >= 4 is 51.5 Å². The Labute approximate surface area is 129 Å².